The number of carbonyl (C=O) groups excluding carboxylic acids is 6. The number of aromatic nitrogens is 8. The molecule has 0 radical (unpaired) electrons. The Kier molecular flexibility index (Phi) is 22.8. The van der Waals surface area contributed by atoms with Crippen LogP contribution in [0.4, 0.5) is 26.9 Å². The highest BCUT2D eigenvalue weighted by Gasteiger charge is 2.38. The van der Waals surface area contributed by atoms with E-state index >= 15 is 0 Å². The van der Waals surface area contributed by atoms with Gasteiger partial charge in [0.25, 0.3) is 11.6 Å². The van der Waals surface area contributed by atoms with Gasteiger partial charge in [-0.25, -0.2) is 29.5 Å². The number of piperazine rings is 2. The molecule has 3 atom stereocenters. The van der Waals surface area contributed by atoms with Crippen molar-refractivity contribution in [3.05, 3.63) is 149 Å². The summed E-state index contributed by atoms with van der Waals surface area (Å²) in [6.07, 6.45) is 14.1. The molecule has 8 heterocycles. The number of amides is 6. The summed E-state index contributed by atoms with van der Waals surface area (Å²) < 4.78 is 36.5. The summed E-state index contributed by atoms with van der Waals surface area (Å²) in [6.45, 7) is 13.6. The Bertz CT molecular complexity index is 4000. The van der Waals surface area contributed by atoms with Gasteiger partial charge in [-0.15, -0.1) is 0 Å². The van der Waals surface area contributed by atoms with E-state index in [9.17, 15) is 38.9 Å². The third-order valence-electron chi connectivity index (χ3n) is 16.3. The molecule has 99 heavy (non-hydrogen) atoms. The largest absolute Gasteiger partial charge is 0.454 e. The van der Waals surface area contributed by atoms with Crippen molar-refractivity contribution < 1.29 is 62.1 Å². The van der Waals surface area contributed by atoms with Crippen LogP contribution in [0.3, 0.4) is 0 Å². The van der Waals surface area contributed by atoms with Crippen molar-refractivity contribution in [3.63, 3.8) is 0 Å². The van der Waals surface area contributed by atoms with E-state index in [0.29, 0.717) is 111 Å². The molecule has 7 aromatic rings. The SMILES string of the molecule is CC(C)(C)OC(=O)N1CCN(c2ccnc(-n3ccnc3)n2)C(CC(=O)NCc2ccc3c(c2)OCO3)C1.CN[C@@H](CCCCN)C(=O)NC(=O)c1ccc(CN(Cc2ccc3c(c2)OCO3)C(=O)CC2CN(C(=O)OC(C)(C)C)CCN2c2ccnc(-n3ccnc3)n2)c([N+](=O)[O-])c1. The molecule has 0 spiro atoms. The molecule has 5 N–H and O–H groups in total. The molecule has 6 amide bonds. The number of ether oxygens (including phenoxy) is 6. The van der Waals surface area contributed by atoms with Crippen molar-refractivity contribution in [2.24, 2.45) is 5.73 Å². The second-order valence-corrected chi connectivity index (χ2v) is 25.8. The molecule has 0 bridgehead atoms. The van der Waals surface area contributed by atoms with Crippen molar-refractivity contribution >= 4 is 53.1 Å². The first-order chi connectivity index (χ1) is 47.5. The van der Waals surface area contributed by atoms with Gasteiger partial charge in [0.1, 0.15) is 35.5 Å². The minimum absolute atomic E-state index is 0.0136. The fraction of sp³-hybridized carbons (Fsp3) is 0.433. The number of fused-ring (bicyclic) bond motifs is 2. The highest BCUT2D eigenvalue weighted by atomic mass is 16.7. The summed E-state index contributed by atoms with van der Waals surface area (Å²) in [4.78, 5) is 127. The molecule has 11 rings (SSSR count). The van der Waals surface area contributed by atoms with E-state index in [-0.39, 0.29) is 75.7 Å². The normalized spacial score (nSPS) is 15.9. The smallest absolute Gasteiger partial charge is 0.410 e. The van der Waals surface area contributed by atoms with E-state index in [1.165, 1.54) is 17.0 Å². The van der Waals surface area contributed by atoms with Crippen molar-refractivity contribution in [1.82, 2.24) is 69.7 Å². The fourth-order valence-corrected chi connectivity index (χ4v) is 11.4. The van der Waals surface area contributed by atoms with Gasteiger partial charge in [-0.3, -0.25) is 43.7 Å². The van der Waals surface area contributed by atoms with Crippen LogP contribution >= 0.6 is 0 Å². The van der Waals surface area contributed by atoms with Gasteiger partial charge in [0.05, 0.1) is 29.6 Å². The fourth-order valence-electron chi connectivity index (χ4n) is 11.4. The highest BCUT2D eigenvalue weighted by Crippen LogP contribution is 2.35. The lowest BCUT2D eigenvalue weighted by Gasteiger charge is -2.42. The molecule has 4 aliphatic heterocycles. The first kappa shape index (κ1) is 70.8. The maximum atomic E-state index is 14.7. The van der Waals surface area contributed by atoms with E-state index in [1.54, 1.807) is 127 Å². The molecule has 3 aromatic carbocycles. The van der Waals surface area contributed by atoms with Gasteiger partial charge in [0, 0.05) is 120 Å². The van der Waals surface area contributed by atoms with Gasteiger partial charge in [0.2, 0.25) is 43.2 Å². The number of imidazole rings is 2. The van der Waals surface area contributed by atoms with Gasteiger partial charge in [-0.1, -0.05) is 18.6 Å². The Morgan fingerprint density at radius 2 is 1.22 bits per heavy atom. The quantitative estimate of drug-likeness (QED) is 0.0352. The lowest BCUT2D eigenvalue weighted by Crippen LogP contribution is -2.57. The average Bonchev–Trinajstić information content (AvgIpc) is 1.08. The van der Waals surface area contributed by atoms with Crippen LogP contribution in [0.25, 0.3) is 11.9 Å². The molecule has 4 aliphatic rings. The van der Waals surface area contributed by atoms with Crippen LogP contribution in [-0.4, -0.2) is 190 Å². The minimum atomic E-state index is -0.806. The number of rotatable bonds is 22. The maximum absolute atomic E-state index is 14.7. The summed E-state index contributed by atoms with van der Waals surface area (Å²) in [7, 11) is 1.60. The number of nitrogens with zero attached hydrogens (tertiary/aromatic N) is 14. The predicted molar refractivity (Wildman–Crippen MR) is 358 cm³/mol. The third-order valence-corrected chi connectivity index (χ3v) is 16.3. The molecule has 524 valence electrons. The van der Waals surface area contributed by atoms with Crippen LogP contribution in [0.5, 0.6) is 23.0 Å². The number of likely N-dealkylation sites (N-methyl/N-ethyl adjacent to an activating group) is 1. The van der Waals surface area contributed by atoms with Crippen molar-refractivity contribution in [2.45, 2.75) is 123 Å². The molecule has 4 aromatic heterocycles. The summed E-state index contributed by atoms with van der Waals surface area (Å²) in [5.74, 6) is 2.50. The van der Waals surface area contributed by atoms with Gasteiger partial charge >= 0.3 is 12.2 Å². The number of carbonyl (C=O) groups is 6. The van der Waals surface area contributed by atoms with E-state index in [2.05, 4.69) is 35.9 Å². The number of hydrogen-bond acceptors (Lipinski definition) is 24. The topological polar surface area (TPSA) is 366 Å². The number of nitro benzene ring substituents is 1. The van der Waals surface area contributed by atoms with Gasteiger partial charge < -0.3 is 69.3 Å². The molecule has 32 heteroatoms. The summed E-state index contributed by atoms with van der Waals surface area (Å²) in [6, 6.07) is 16.6. The van der Waals surface area contributed by atoms with Gasteiger partial charge in [0.15, 0.2) is 23.0 Å². The number of nitro groups is 1. The number of hydrogen-bond donors (Lipinski definition) is 4. The Morgan fingerprint density at radius 3 is 1.75 bits per heavy atom. The highest BCUT2D eigenvalue weighted by molar-refractivity contribution is 6.06. The summed E-state index contributed by atoms with van der Waals surface area (Å²) in [5.41, 5.74) is 5.40. The van der Waals surface area contributed by atoms with E-state index < -0.39 is 63.8 Å². The third kappa shape index (κ3) is 19.0. The van der Waals surface area contributed by atoms with Crippen LogP contribution < -0.4 is 50.4 Å². The monoisotopic (exact) mass is 1360 g/mol. The molecular formula is C67H82N18O14. The second-order valence-electron chi connectivity index (χ2n) is 25.8. The summed E-state index contributed by atoms with van der Waals surface area (Å²) in [5, 5.41) is 20.8. The van der Waals surface area contributed by atoms with E-state index in [1.807, 2.05) is 48.8 Å². The number of unbranched alkanes of at least 4 members (excludes halogenated alkanes) is 1. The number of anilines is 2. The second kappa shape index (κ2) is 31.9. The Balaban J connectivity index is 0.000000238. The van der Waals surface area contributed by atoms with E-state index in [0.717, 1.165) is 11.6 Å². The number of nitrogens with one attached hydrogen (secondary N) is 3. The Labute approximate surface area is 571 Å². The molecule has 2 saturated heterocycles. The first-order valence-electron chi connectivity index (χ1n) is 32.4. The summed E-state index contributed by atoms with van der Waals surface area (Å²) >= 11 is 0. The molecule has 0 saturated carbocycles. The van der Waals surface area contributed by atoms with E-state index in [4.69, 9.17) is 44.1 Å². The van der Waals surface area contributed by atoms with Crippen LogP contribution in [0.1, 0.15) is 101 Å². The van der Waals surface area contributed by atoms with Crippen molar-refractivity contribution in [3.8, 4) is 34.9 Å². The number of benzene rings is 3. The first-order valence-corrected chi connectivity index (χ1v) is 32.4. The van der Waals surface area contributed by atoms with Crippen LogP contribution in [0.2, 0.25) is 0 Å². The standard InChI is InChI=1S/C41H51N11O9.C26H31N7O5/c1-41(2,3)61-40(56)48-17-18-51(35-12-14-45-39(46-35)49-16-15-44-25-49)30(24-48)21-36(53)50(22-27-8-11-33-34(19-27)60-26-59-33)23-29-10-9-28(20-32(29)52(57)58)37(54)47-38(55)31(43-4)7-5-6-13-42;1-26(2,3)38-25(35)31-10-11-33(22-6-7-28-24(30-22)32-9-8-27-16-32)19(15-31)13-23(34)29-14-18-4-5-20-21(12-18)37-17-36-20/h8-12,14-16,19-20,25,30-31,43H,5-7,13,17-18,21-24,26,42H2,1-4H3,(H,47,54,55);4-9,12,16,19H,10-11,13-15,17H2,1-3H3,(H,29,34)/t30?,31-;/m0./s1. The van der Waals surface area contributed by atoms with Gasteiger partial charge in [-0.05, 0) is 128 Å². The van der Waals surface area contributed by atoms with Crippen LogP contribution in [-0.2, 0) is 43.5 Å². The lowest BCUT2D eigenvalue weighted by molar-refractivity contribution is -0.385. The molecule has 32 nitrogen and oxygen atoms in total. The average molecular weight is 1360 g/mol. The molecule has 2 fully saturated rings. The molecule has 0 aliphatic carbocycles. The zero-order valence-electron chi connectivity index (χ0n) is 56.3. The minimum Gasteiger partial charge on any atom is -0.454 e. The maximum Gasteiger partial charge on any atom is 0.410 e. The molecular weight excluding hydrogens is 1280 g/mol. The van der Waals surface area contributed by atoms with Crippen molar-refractivity contribution in [2.75, 3.05) is 76.2 Å². The number of imide groups is 1. The molecule has 2 unspecified atom stereocenters. The van der Waals surface area contributed by atoms with Crippen LogP contribution in [0, 0.1) is 10.1 Å². The zero-order chi connectivity index (χ0) is 70.4. The van der Waals surface area contributed by atoms with Crippen molar-refractivity contribution in [1.29, 1.82) is 0 Å². The number of nitrogens with two attached hydrogens (primary N) is 1. The lowest BCUT2D eigenvalue weighted by atomic mass is 10.0. The van der Waals surface area contributed by atoms with Crippen LogP contribution in [0.15, 0.2) is 117 Å². The Hall–Kier alpha value is -11.0. The zero-order valence-corrected chi connectivity index (χ0v) is 56.3. The Morgan fingerprint density at radius 1 is 0.677 bits per heavy atom. The van der Waals surface area contributed by atoms with Gasteiger partial charge in [-0.2, -0.15) is 9.97 Å². The predicted octanol–water partition coefficient (Wildman–Crippen LogP) is 5.84.